The molecule has 0 saturated carbocycles. The fourth-order valence-electron chi connectivity index (χ4n) is 5.59. The second-order valence-electron chi connectivity index (χ2n) is 10.2. The van der Waals surface area contributed by atoms with Crippen LogP contribution in [0.25, 0.3) is 16.9 Å². The summed E-state index contributed by atoms with van der Waals surface area (Å²) in [5.74, 6) is -6.91. The monoisotopic (exact) mass is 603 g/mol. The molecule has 0 atom stereocenters. The summed E-state index contributed by atoms with van der Waals surface area (Å²) in [6, 6.07) is 7.39. The van der Waals surface area contributed by atoms with Gasteiger partial charge >= 0.3 is 6.18 Å². The fraction of sp³-hybridized carbons (Fsp3) is 0.241. The molecule has 0 spiro atoms. The number of carbonyl (C=O) groups is 2. The molecule has 7 nitrogen and oxygen atoms in total. The van der Waals surface area contributed by atoms with E-state index in [0.717, 1.165) is 16.8 Å². The minimum Gasteiger partial charge on any atom is -0.337 e. The summed E-state index contributed by atoms with van der Waals surface area (Å²) in [5.41, 5.74) is -2.46. The zero-order valence-corrected chi connectivity index (χ0v) is 22.0. The topological polar surface area (TPSA) is 71.3 Å². The first-order chi connectivity index (χ1) is 20.5. The van der Waals surface area contributed by atoms with Crippen molar-refractivity contribution in [3.05, 3.63) is 94.9 Å². The third kappa shape index (κ3) is 4.89. The van der Waals surface area contributed by atoms with Crippen LogP contribution in [0.5, 0.6) is 0 Å². The second kappa shape index (κ2) is 10.5. The van der Waals surface area contributed by atoms with Gasteiger partial charge in [0.1, 0.15) is 17.1 Å². The van der Waals surface area contributed by atoms with Gasteiger partial charge in [0.05, 0.1) is 17.8 Å². The van der Waals surface area contributed by atoms with E-state index in [-0.39, 0.29) is 55.3 Å². The molecule has 0 unspecified atom stereocenters. The molecular weight excluding hydrogens is 583 g/mol. The maximum Gasteiger partial charge on any atom is 0.422 e. The van der Waals surface area contributed by atoms with E-state index in [2.05, 4.69) is 10.1 Å². The van der Waals surface area contributed by atoms with Gasteiger partial charge < -0.3 is 9.80 Å². The van der Waals surface area contributed by atoms with Crippen LogP contribution < -0.4 is 4.90 Å². The molecule has 0 aliphatic carbocycles. The molecule has 0 bridgehead atoms. The number of anilines is 1. The standard InChI is InChI=1S/C29H20F7N5O2/c30-18-5-6-21(26(33)24(18)29(34,35)36)41-22(16-2-1-9-37-14-16)13-20(38-41)28(43)39-10-7-17(8-11-39)40-23(42)12-15-3-4-19(31)25(32)27(15)40/h1-6,9,13-14,17H,7-8,10-12H2. The highest BCUT2D eigenvalue weighted by atomic mass is 19.4. The van der Waals surface area contributed by atoms with E-state index in [1.54, 1.807) is 0 Å². The highest BCUT2D eigenvalue weighted by molar-refractivity contribution is 6.02. The zero-order chi connectivity index (χ0) is 30.6. The maximum absolute atomic E-state index is 15.1. The molecule has 43 heavy (non-hydrogen) atoms. The Morgan fingerprint density at radius 2 is 1.65 bits per heavy atom. The lowest BCUT2D eigenvalue weighted by molar-refractivity contribution is -0.142. The first kappa shape index (κ1) is 28.4. The fourth-order valence-corrected chi connectivity index (χ4v) is 5.59. The van der Waals surface area contributed by atoms with Gasteiger partial charge in [0.25, 0.3) is 5.91 Å². The van der Waals surface area contributed by atoms with Crippen LogP contribution in [0.4, 0.5) is 36.4 Å². The van der Waals surface area contributed by atoms with Crippen LogP contribution in [0.3, 0.4) is 0 Å². The first-order valence-electron chi connectivity index (χ1n) is 13.1. The molecule has 2 aliphatic heterocycles. The van der Waals surface area contributed by atoms with Crippen LogP contribution in [0.15, 0.2) is 54.9 Å². The van der Waals surface area contributed by atoms with Crippen molar-refractivity contribution in [1.82, 2.24) is 19.7 Å². The Morgan fingerprint density at radius 3 is 2.33 bits per heavy atom. The third-order valence-corrected chi connectivity index (χ3v) is 7.59. The number of likely N-dealkylation sites (tertiary alicyclic amines) is 1. The average molecular weight is 603 g/mol. The van der Waals surface area contributed by atoms with Crippen LogP contribution in [0, 0.1) is 23.3 Å². The first-order valence-corrected chi connectivity index (χ1v) is 13.1. The summed E-state index contributed by atoms with van der Waals surface area (Å²) >= 11 is 0. The normalized spacial score (nSPS) is 15.7. The van der Waals surface area contributed by atoms with Gasteiger partial charge in [-0.2, -0.15) is 18.3 Å². The Balaban J connectivity index is 1.30. The van der Waals surface area contributed by atoms with Crippen molar-refractivity contribution in [1.29, 1.82) is 0 Å². The number of benzene rings is 2. The van der Waals surface area contributed by atoms with Crippen molar-refractivity contribution < 1.29 is 40.3 Å². The Kier molecular flexibility index (Phi) is 6.93. The van der Waals surface area contributed by atoms with Crippen molar-refractivity contribution >= 4 is 17.5 Å². The number of carbonyl (C=O) groups excluding carboxylic acids is 2. The Bertz CT molecular complexity index is 1750. The van der Waals surface area contributed by atoms with Crippen molar-refractivity contribution in [2.45, 2.75) is 31.5 Å². The molecule has 2 aromatic carbocycles. The molecule has 1 fully saturated rings. The van der Waals surface area contributed by atoms with Crippen molar-refractivity contribution in [3.63, 3.8) is 0 Å². The van der Waals surface area contributed by atoms with E-state index >= 15 is 4.39 Å². The Morgan fingerprint density at radius 1 is 0.930 bits per heavy atom. The Labute approximate surface area is 239 Å². The molecule has 222 valence electrons. The highest BCUT2D eigenvalue weighted by Crippen LogP contribution is 2.38. The van der Waals surface area contributed by atoms with E-state index in [1.807, 2.05) is 0 Å². The number of amides is 2. The summed E-state index contributed by atoms with van der Waals surface area (Å²) in [4.78, 5) is 32.8. The number of alkyl halides is 3. The van der Waals surface area contributed by atoms with Gasteiger partial charge in [0.15, 0.2) is 23.1 Å². The lowest BCUT2D eigenvalue weighted by Gasteiger charge is -2.36. The number of pyridine rings is 1. The van der Waals surface area contributed by atoms with Crippen LogP contribution in [-0.2, 0) is 17.4 Å². The number of nitrogens with zero attached hydrogens (tertiary/aromatic N) is 5. The molecule has 6 rings (SSSR count). The minimum atomic E-state index is -5.33. The Hall–Kier alpha value is -4.75. The molecule has 2 amide bonds. The molecule has 0 N–H and O–H groups in total. The number of hydrogen-bond donors (Lipinski definition) is 0. The summed E-state index contributed by atoms with van der Waals surface area (Å²) in [5, 5.41) is 4.12. The van der Waals surface area contributed by atoms with E-state index in [0.29, 0.717) is 17.2 Å². The average Bonchev–Trinajstić information content (AvgIpc) is 3.56. The zero-order valence-electron chi connectivity index (χ0n) is 22.0. The number of hydrogen-bond acceptors (Lipinski definition) is 4. The van der Waals surface area contributed by atoms with Gasteiger partial charge in [-0.3, -0.25) is 14.6 Å². The molecule has 1 saturated heterocycles. The molecule has 4 heterocycles. The molecule has 4 aromatic rings. The van der Waals surface area contributed by atoms with Gasteiger partial charge in [0, 0.05) is 37.1 Å². The van der Waals surface area contributed by atoms with Crippen molar-refractivity contribution in [2.75, 3.05) is 18.0 Å². The number of fused-ring (bicyclic) bond motifs is 1. The second-order valence-corrected chi connectivity index (χ2v) is 10.2. The quantitative estimate of drug-likeness (QED) is 0.281. The van der Waals surface area contributed by atoms with E-state index in [4.69, 9.17) is 0 Å². The van der Waals surface area contributed by atoms with Gasteiger partial charge in [-0.05, 0) is 54.8 Å². The number of piperidine rings is 1. The predicted molar refractivity (Wildman–Crippen MR) is 138 cm³/mol. The summed E-state index contributed by atoms with van der Waals surface area (Å²) in [7, 11) is 0. The largest absolute Gasteiger partial charge is 0.422 e. The van der Waals surface area contributed by atoms with Crippen LogP contribution in [-0.4, -0.2) is 50.6 Å². The van der Waals surface area contributed by atoms with Gasteiger partial charge in [-0.25, -0.2) is 22.2 Å². The van der Waals surface area contributed by atoms with Crippen LogP contribution >= 0.6 is 0 Å². The molecule has 14 heteroatoms. The molecule has 0 radical (unpaired) electrons. The van der Waals surface area contributed by atoms with Crippen molar-refractivity contribution in [3.8, 4) is 16.9 Å². The smallest absolute Gasteiger partial charge is 0.337 e. The van der Waals surface area contributed by atoms with Gasteiger partial charge in [-0.15, -0.1) is 0 Å². The molecule has 2 aromatic heterocycles. The summed E-state index contributed by atoms with van der Waals surface area (Å²) < 4.78 is 98.8. The lowest BCUT2D eigenvalue weighted by atomic mass is 10.0. The number of halogens is 7. The van der Waals surface area contributed by atoms with E-state index in [9.17, 15) is 35.9 Å². The maximum atomic E-state index is 15.1. The van der Waals surface area contributed by atoms with Crippen molar-refractivity contribution in [2.24, 2.45) is 0 Å². The summed E-state index contributed by atoms with van der Waals surface area (Å²) in [6.07, 6.45) is -2.18. The lowest BCUT2D eigenvalue weighted by Crippen LogP contribution is -2.48. The molecular formula is C29H20F7N5O2. The van der Waals surface area contributed by atoms with E-state index < -0.39 is 52.6 Å². The highest BCUT2D eigenvalue weighted by Gasteiger charge is 2.41. The third-order valence-electron chi connectivity index (χ3n) is 7.59. The summed E-state index contributed by atoms with van der Waals surface area (Å²) in [6.45, 7) is 0.190. The molecule has 2 aliphatic rings. The SMILES string of the molecule is O=C(c1cc(-c2cccnc2)n(-c2ccc(F)c(C(F)(F)F)c2F)n1)N1CCC(N2C(=O)Cc3ccc(F)c(F)c32)CC1. The van der Waals surface area contributed by atoms with Gasteiger partial charge in [-0.1, -0.05) is 6.07 Å². The van der Waals surface area contributed by atoms with Crippen LogP contribution in [0.1, 0.15) is 34.5 Å². The van der Waals surface area contributed by atoms with Gasteiger partial charge in [0.2, 0.25) is 5.91 Å². The minimum absolute atomic E-state index is 0.0294. The van der Waals surface area contributed by atoms with Crippen LogP contribution in [0.2, 0.25) is 0 Å². The number of aromatic nitrogens is 3. The van der Waals surface area contributed by atoms with E-state index in [1.165, 1.54) is 46.5 Å². The predicted octanol–water partition coefficient (Wildman–Crippen LogP) is 5.70. The number of rotatable bonds is 4.